The fourth-order valence-corrected chi connectivity index (χ4v) is 3.65. The summed E-state index contributed by atoms with van der Waals surface area (Å²) in [5.74, 6) is 1.63. The van der Waals surface area contributed by atoms with Gasteiger partial charge < -0.3 is 9.47 Å². The van der Waals surface area contributed by atoms with E-state index in [2.05, 4.69) is 20.8 Å². The van der Waals surface area contributed by atoms with Crippen LogP contribution in [0.5, 0.6) is 0 Å². The molecule has 0 amide bonds. The van der Waals surface area contributed by atoms with Gasteiger partial charge in [-0.05, 0) is 30.6 Å². The molecule has 2 atom stereocenters. The molecule has 2 heteroatoms. The highest BCUT2D eigenvalue weighted by molar-refractivity contribution is 4.99. The third-order valence-electron chi connectivity index (χ3n) is 5.02. The molecule has 0 aromatic heterocycles. The molecule has 1 heterocycles. The van der Waals surface area contributed by atoms with E-state index in [0.717, 1.165) is 18.3 Å². The number of hydrogen-bond donors (Lipinski definition) is 0. The Bertz CT molecular complexity index is 258. The highest BCUT2D eigenvalue weighted by Crippen LogP contribution is 2.51. The lowest BCUT2D eigenvalue weighted by Gasteiger charge is -2.42. The van der Waals surface area contributed by atoms with Crippen LogP contribution in [-0.2, 0) is 9.47 Å². The molecular weight excluding hydrogens is 200 g/mol. The van der Waals surface area contributed by atoms with Crippen LogP contribution in [0.3, 0.4) is 0 Å². The highest BCUT2D eigenvalue weighted by atomic mass is 16.7. The first kappa shape index (κ1) is 11.0. The van der Waals surface area contributed by atoms with Crippen LogP contribution < -0.4 is 0 Å². The quantitative estimate of drug-likeness (QED) is 0.732. The molecule has 1 saturated heterocycles. The largest absolute Gasteiger partial charge is 0.349 e. The average Bonchev–Trinajstić information content (AvgIpc) is 2.75. The average molecular weight is 224 g/mol. The molecule has 2 aliphatic carbocycles. The lowest BCUT2D eigenvalue weighted by molar-refractivity contribution is -0.275. The Hall–Kier alpha value is -0.0800. The Kier molecular flexibility index (Phi) is 2.56. The molecule has 0 spiro atoms. The summed E-state index contributed by atoms with van der Waals surface area (Å²) < 4.78 is 12.3. The molecule has 16 heavy (non-hydrogen) atoms. The number of fused-ring (bicyclic) bond motifs is 1. The van der Waals surface area contributed by atoms with Gasteiger partial charge >= 0.3 is 0 Å². The van der Waals surface area contributed by atoms with Crippen molar-refractivity contribution in [2.45, 2.75) is 71.4 Å². The minimum absolute atomic E-state index is 0.0697. The van der Waals surface area contributed by atoms with Gasteiger partial charge in [-0.15, -0.1) is 0 Å². The highest BCUT2D eigenvalue weighted by Gasteiger charge is 2.52. The van der Waals surface area contributed by atoms with E-state index in [0.29, 0.717) is 17.6 Å². The van der Waals surface area contributed by atoms with Gasteiger partial charge in [0.05, 0.1) is 12.2 Å². The van der Waals surface area contributed by atoms with Crippen molar-refractivity contribution >= 4 is 0 Å². The van der Waals surface area contributed by atoms with Crippen LogP contribution in [0.2, 0.25) is 0 Å². The number of hydrogen-bond acceptors (Lipinski definition) is 2. The van der Waals surface area contributed by atoms with Crippen molar-refractivity contribution in [1.82, 2.24) is 0 Å². The van der Waals surface area contributed by atoms with Crippen molar-refractivity contribution in [1.29, 1.82) is 0 Å². The molecule has 2 bridgehead atoms. The molecule has 0 radical (unpaired) electrons. The van der Waals surface area contributed by atoms with Gasteiger partial charge in [0.25, 0.3) is 0 Å². The Balaban J connectivity index is 1.63. The summed E-state index contributed by atoms with van der Waals surface area (Å²) in [4.78, 5) is 0. The van der Waals surface area contributed by atoms with Gasteiger partial charge in [-0.3, -0.25) is 0 Å². The summed E-state index contributed by atoms with van der Waals surface area (Å²) in [7, 11) is 0. The first-order valence-electron chi connectivity index (χ1n) is 6.88. The van der Waals surface area contributed by atoms with Crippen LogP contribution in [0.15, 0.2) is 0 Å². The van der Waals surface area contributed by atoms with Crippen LogP contribution >= 0.6 is 0 Å². The molecule has 1 aliphatic heterocycles. The smallest absolute Gasteiger partial charge is 0.158 e. The first-order chi connectivity index (χ1) is 7.57. The summed E-state index contributed by atoms with van der Waals surface area (Å²) >= 11 is 0. The maximum absolute atomic E-state index is 6.13. The molecule has 3 fully saturated rings. The Morgan fingerprint density at radius 2 is 1.69 bits per heavy atom. The van der Waals surface area contributed by atoms with E-state index in [1.807, 2.05) is 0 Å². The molecule has 3 rings (SSSR count). The zero-order valence-electron chi connectivity index (χ0n) is 10.7. The van der Waals surface area contributed by atoms with E-state index in [-0.39, 0.29) is 6.29 Å². The summed E-state index contributed by atoms with van der Waals surface area (Å²) in [6, 6.07) is 0. The van der Waals surface area contributed by atoms with Crippen LogP contribution in [0.1, 0.15) is 52.9 Å². The van der Waals surface area contributed by atoms with Crippen LogP contribution in [0.25, 0.3) is 0 Å². The fourth-order valence-electron chi connectivity index (χ4n) is 3.65. The van der Waals surface area contributed by atoms with Crippen molar-refractivity contribution in [3.05, 3.63) is 0 Å². The minimum atomic E-state index is 0.0697. The van der Waals surface area contributed by atoms with Crippen molar-refractivity contribution < 1.29 is 9.47 Å². The van der Waals surface area contributed by atoms with E-state index in [9.17, 15) is 0 Å². The van der Waals surface area contributed by atoms with Gasteiger partial charge in [-0.25, -0.2) is 0 Å². The van der Waals surface area contributed by atoms with E-state index < -0.39 is 0 Å². The monoisotopic (exact) mass is 224 g/mol. The first-order valence-corrected chi connectivity index (χ1v) is 6.88. The maximum Gasteiger partial charge on any atom is 0.158 e. The van der Waals surface area contributed by atoms with Gasteiger partial charge in [-0.1, -0.05) is 27.2 Å². The molecule has 0 N–H and O–H groups in total. The van der Waals surface area contributed by atoms with Gasteiger partial charge in [0.15, 0.2) is 6.29 Å². The number of ether oxygens (including phenoxy) is 2. The van der Waals surface area contributed by atoms with Crippen molar-refractivity contribution in [2.24, 2.45) is 17.3 Å². The van der Waals surface area contributed by atoms with Crippen molar-refractivity contribution in [2.75, 3.05) is 0 Å². The van der Waals surface area contributed by atoms with Gasteiger partial charge in [0.2, 0.25) is 0 Å². The lowest BCUT2D eigenvalue weighted by atomic mass is 9.85. The third-order valence-corrected chi connectivity index (χ3v) is 5.02. The second-order valence-electron chi connectivity index (χ2n) is 6.74. The third kappa shape index (κ3) is 1.80. The molecule has 3 aliphatic rings. The summed E-state index contributed by atoms with van der Waals surface area (Å²) in [5, 5.41) is 0. The molecule has 2 nitrogen and oxygen atoms in total. The zero-order chi connectivity index (χ0) is 11.3. The molecule has 92 valence electrons. The van der Waals surface area contributed by atoms with Crippen LogP contribution in [-0.4, -0.2) is 18.5 Å². The molecule has 2 saturated carbocycles. The van der Waals surface area contributed by atoms with Gasteiger partial charge in [-0.2, -0.15) is 0 Å². The molecule has 0 aromatic rings. The Morgan fingerprint density at radius 1 is 1.06 bits per heavy atom. The second kappa shape index (κ2) is 3.71. The van der Waals surface area contributed by atoms with E-state index >= 15 is 0 Å². The topological polar surface area (TPSA) is 18.5 Å². The van der Waals surface area contributed by atoms with Crippen molar-refractivity contribution in [3.8, 4) is 0 Å². The standard InChI is InChI=1S/C14H24O2/c1-4-14(2,3)8-13-15-11-6-9-5-10(11)12(7-9)16-13/h9-13H,4-8H2,1-3H3. The van der Waals surface area contributed by atoms with E-state index in [4.69, 9.17) is 9.47 Å². The zero-order valence-corrected chi connectivity index (χ0v) is 10.7. The van der Waals surface area contributed by atoms with Crippen LogP contribution in [0, 0.1) is 17.3 Å². The number of rotatable bonds is 3. The second-order valence-corrected chi connectivity index (χ2v) is 6.74. The fraction of sp³-hybridized carbons (Fsp3) is 1.00. The van der Waals surface area contributed by atoms with Gasteiger partial charge in [0.1, 0.15) is 0 Å². The minimum Gasteiger partial charge on any atom is -0.349 e. The summed E-state index contributed by atoms with van der Waals surface area (Å²) in [5.41, 5.74) is 0.346. The van der Waals surface area contributed by atoms with Crippen LogP contribution in [0.4, 0.5) is 0 Å². The molecule has 2 unspecified atom stereocenters. The predicted octanol–water partition coefficient (Wildman–Crippen LogP) is 3.35. The maximum atomic E-state index is 6.13. The lowest BCUT2D eigenvalue weighted by Crippen LogP contribution is -2.45. The van der Waals surface area contributed by atoms with E-state index in [1.54, 1.807) is 0 Å². The van der Waals surface area contributed by atoms with Crippen molar-refractivity contribution in [3.63, 3.8) is 0 Å². The SMILES string of the molecule is CCC(C)(C)CC1OC2CC3CC(O1)C2C3. The predicted molar refractivity (Wildman–Crippen MR) is 63.1 cm³/mol. The normalized spacial score (nSPS) is 46.3. The Labute approximate surface area is 98.7 Å². The molecular formula is C14H24O2. The van der Waals surface area contributed by atoms with E-state index in [1.165, 1.54) is 25.7 Å². The van der Waals surface area contributed by atoms with Gasteiger partial charge in [0, 0.05) is 12.3 Å². The summed E-state index contributed by atoms with van der Waals surface area (Å²) in [6.45, 7) is 6.87. The summed E-state index contributed by atoms with van der Waals surface area (Å²) in [6.07, 6.45) is 7.32. The Morgan fingerprint density at radius 3 is 2.19 bits per heavy atom. The molecule has 0 aromatic carbocycles.